The van der Waals surface area contributed by atoms with E-state index in [4.69, 9.17) is 22.4 Å². The average Bonchev–Trinajstić information content (AvgIpc) is 2.18. The maximum absolute atomic E-state index is 13.4. The molecule has 3 nitrogen and oxygen atoms in total. The molecule has 0 saturated heterocycles. The molecule has 0 bridgehead atoms. The number of carbonyl (C=O) groups is 1. The fourth-order valence-corrected chi connectivity index (χ4v) is 1.97. The van der Waals surface area contributed by atoms with Crippen LogP contribution >= 0.6 is 27.5 Å². The Morgan fingerprint density at radius 1 is 1.67 bits per heavy atom. The van der Waals surface area contributed by atoms with E-state index in [1.165, 1.54) is 6.07 Å². The predicted molar refractivity (Wildman–Crippen MR) is 58.5 cm³/mol. The monoisotopic (exact) mass is 295 g/mol. The predicted octanol–water partition coefficient (Wildman–Crippen LogP) is 2.37. The molecule has 3 N–H and O–H groups in total. The lowest BCUT2D eigenvalue weighted by molar-refractivity contribution is -0.138. The first-order valence-electron chi connectivity index (χ1n) is 4.05. The molecule has 15 heavy (non-hydrogen) atoms. The molecule has 0 spiro atoms. The van der Waals surface area contributed by atoms with Crippen molar-refractivity contribution in [2.45, 2.75) is 5.92 Å². The van der Waals surface area contributed by atoms with Gasteiger partial charge < -0.3 is 10.8 Å². The topological polar surface area (TPSA) is 63.3 Å². The van der Waals surface area contributed by atoms with Gasteiger partial charge in [-0.25, -0.2) is 4.39 Å². The SMILES string of the molecule is NCC(C(=O)O)c1c(F)ccc(Cl)c1Br. The minimum Gasteiger partial charge on any atom is -0.481 e. The Bertz CT molecular complexity index is 400. The lowest BCUT2D eigenvalue weighted by Gasteiger charge is -2.13. The van der Waals surface area contributed by atoms with Crippen molar-refractivity contribution in [3.8, 4) is 0 Å². The molecule has 0 aliphatic carbocycles. The van der Waals surface area contributed by atoms with Crippen LogP contribution in [-0.2, 0) is 4.79 Å². The van der Waals surface area contributed by atoms with Gasteiger partial charge in [0.25, 0.3) is 0 Å². The lowest BCUT2D eigenvalue weighted by Crippen LogP contribution is -2.22. The maximum atomic E-state index is 13.4. The van der Waals surface area contributed by atoms with E-state index in [-0.39, 0.29) is 21.6 Å². The van der Waals surface area contributed by atoms with Crippen LogP contribution in [0.15, 0.2) is 16.6 Å². The van der Waals surface area contributed by atoms with Gasteiger partial charge in [0.1, 0.15) is 5.82 Å². The summed E-state index contributed by atoms with van der Waals surface area (Å²) >= 11 is 8.79. The molecule has 0 aliphatic rings. The Morgan fingerprint density at radius 3 is 2.73 bits per heavy atom. The molecule has 1 aromatic carbocycles. The number of rotatable bonds is 3. The van der Waals surface area contributed by atoms with Crippen LogP contribution in [0.25, 0.3) is 0 Å². The van der Waals surface area contributed by atoms with E-state index in [1.54, 1.807) is 0 Å². The summed E-state index contributed by atoms with van der Waals surface area (Å²) in [5.74, 6) is -2.92. The summed E-state index contributed by atoms with van der Waals surface area (Å²) in [6.07, 6.45) is 0. The van der Waals surface area contributed by atoms with Gasteiger partial charge in [-0.15, -0.1) is 0 Å². The van der Waals surface area contributed by atoms with Gasteiger partial charge in [0, 0.05) is 16.6 Å². The summed E-state index contributed by atoms with van der Waals surface area (Å²) in [5, 5.41) is 9.11. The fraction of sp³-hybridized carbons (Fsp3) is 0.222. The Hall–Kier alpha value is -0.650. The molecule has 0 aliphatic heterocycles. The summed E-state index contributed by atoms with van der Waals surface area (Å²) < 4.78 is 13.7. The van der Waals surface area contributed by atoms with Crippen molar-refractivity contribution in [2.75, 3.05) is 6.54 Å². The largest absolute Gasteiger partial charge is 0.481 e. The summed E-state index contributed by atoms with van der Waals surface area (Å²) in [4.78, 5) is 10.8. The molecular weight excluding hydrogens is 288 g/mol. The Kier molecular flexibility index (Phi) is 4.07. The van der Waals surface area contributed by atoms with Crippen molar-refractivity contribution in [2.24, 2.45) is 5.73 Å². The molecule has 1 unspecified atom stereocenters. The van der Waals surface area contributed by atoms with E-state index in [0.29, 0.717) is 0 Å². The van der Waals surface area contributed by atoms with Crippen LogP contribution in [-0.4, -0.2) is 17.6 Å². The maximum Gasteiger partial charge on any atom is 0.312 e. The van der Waals surface area contributed by atoms with E-state index in [2.05, 4.69) is 15.9 Å². The van der Waals surface area contributed by atoms with Crippen molar-refractivity contribution >= 4 is 33.5 Å². The number of nitrogens with two attached hydrogens (primary N) is 1. The highest BCUT2D eigenvalue weighted by Gasteiger charge is 2.25. The number of hydrogen-bond acceptors (Lipinski definition) is 2. The van der Waals surface area contributed by atoms with Crippen LogP contribution in [0.1, 0.15) is 11.5 Å². The number of aliphatic carboxylic acids is 1. The van der Waals surface area contributed by atoms with E-state index >= 15 is 0 Å². The highest BCUT2D eigenvalue weighted by molar-refractivity contribution is 9.10. The molecule has 0 fully saturated rings. The van der Waals surface area contributed by atoms with Gasteiger partial charge in [-0.05, 0) is 28.1 Å². The minimum absolute atomic E-state index is 0.0162. The Morgan fingerprint density at radius 2 is 2.27 bits per heavy atom. The van der Waals surface area contributed by atoms with Gasteiger partial charge in [0.15, 0.2) is 0 Å². The van der Waals surface area contributed by atoms with E-state index in [0.717, 1.165) is 6.07 Å². The molecule has 6 heteroatoms. The molecule has 0 saturated carbocycles. The van der Waals surface area contributed by atoms with E-state index in [9.17, 15) is 9.18 Å². The van der Waals surface area contributed by atoms with Gasteiger partial charge in [-0.3, -0.25) is 4.79 Å². The number of benzene rings is 1. The average molecular weight is 297 g/mol. The molecule has 1 rings (SSSR count). The van der Waals surface area contributed by atoms with Crippen molar-refractivity contribution in [3.63, 3.8) is 0 Å². The summed E-state index contributed by atoms with van der Waals surface area (Å²) in [6.45, 7) is -0.189. The minimum atomic E-state index is -1.18. The summed E-state index contributed by atoms with van der Waals surface area (Å²) in [6, 6.07) is 2.47. The molecular formula is C9H8BrClFNO2. The zero-order valence-corrected chi connectivity index (χ0v) is 9.85. The van der Waals surface area contributed by atoms with E-state index < -0.39 is 17.7 Å². The zero-order valence-electron chi connectivity index (χ0n) is 7.51. The third-order valence-corrected chi connectivity index (χ3v) is 3.36. The van der Waals surface area contributed by atoms with Crippen LogP contribution in [0, 0.1) is 5.82 Å². The highest BCUT2D eigenvalue weighted by atomic mass is 79.9. The van der Waals surface area contributed by atoms with Crippen LogP contribution in [0.2, 0.25) is 5.02 Å². The van der Waals surface area contributed by atoms with Gasteiger partial charge in [0.2, 0.25) is 0 Å². The molecule has 0 radical (unpaired) electrons. The smallest absolute Gasteiger partial charge is 0.312 e. The van der Waals surface area contributed by atoms with Crippen LogP contribution < -0.4 is 5.73 Å². The third-order valence-electron chi connectivity index (χ3n) is 1.96. The van der Waals surface area contributed by atoms with Crippen molar-refractivity contribution < 1.29 is 14.3 Å². The third kappa shape index (κ3) is 2.48. The Balaban J connectivity index is 3.34. The summed E-state index contributed by atoms with van der Waals surface area (Å²) in [7, 11) is 0. The molecule has 0 amide bonds. The highest BCUT2D eigenvalue weighted by Crippen LogP contribution is 2.33. The number of carboxylic acids is 1. The zero-order chi connectivity index (χ0) is 11.6. The first kappa shape index (κ1) is 12.4. The first-order valence-corrected chi connectivity index (χ1v) is 5.22. The van der Waals surface area contributed by atoms with Crippen molar-refractivity contribution in [1.82, 2.24) is 0 Å². The number of carboxylic acid groups (broad SMARTS) is 1. The van der Waals surface area contributed by atoms with Crippen LogP contribution in [0.3, 0.4) is 0 Å². The van der Waals surface area contributed by atoms with Gasteiger partial charge in [0.05, 0.1) is 10.9 Å². The normalized spacial score (nSPS) is 12.5. The number of hydrogen-bond donors (Lipinski definition) is 2. The quantitative estimate of drug-likeness (QED) is 0.842. The summed E-state index contributed by atoms with van der Waals surface area (Å²) in [5.41, 5.74) is 5.27. The lowest BCUT2D eigenvalue weighted by atomic mass is 9.99. The standard InChI is InChI=1S/C9H8BrClFNO2/c10-8-5(11)1-2-6(12)7(8)4(3-13)9(14)15/h1-2,4H,3,13H2,(H,14,15). The van der Waals surface area contributed by atoms with Crippen molar-refractivity contribution in [3.05, 3.63) is 33.0 Å². The van der Waals surface area contributed by atoms with Crippen LogP contribution in [0.5, 0.6) is 0 Å². The van der Waals surface area contributed by atoms with E-state index in [1.807, 2.05) is 0 Å². The second-order valence-corrected chi connectivity index (χ2v) is 4.08. The molecule has 1 aromatic rings. The van der Waals surface area contributed by atoms with Crippen LogP contribution in [0.4, 0.5) is 4.39 Å². The molecule has 82 valence electrons. The molecule has 0 heterocycles. The fourth-order valence-electron chi connectivity index (χ4n) is 1.20. The molecule has 1 atom stereocenters. The number of halogens is 3. The molecule has 0 aromatic heterocycles. The van der Waals surface area contributed by atoms with Gasteiger partial charge >= 0.3 is 5.97 Å². The second kappa shape index (κ2) is 4.92. The van der Waals surface area contributed by atoms with Gasteiger partial charge in [-0.2, -0.15) is 0 Å². The van der Waals surface area contributed by atoms with Crippen molar-refractivity contribution in [1.29, 1.82) is 0 Å². The second-order valence-electron chi connectivity index (χ2n) is 2.88. The first-order chi connectivity index (χ1) is 6.99. The van der Waals surface area contributed by atoms with Gasteiger partial charge in [-0.1, -0.05) is 11.6 Å². The Labute approximate surface area is 99.2 Å².